The average Bonchev–Trinajstić information content (AvgIpc) is 2.48. The van der Waals surface area contributed by atoms with Gasteiger partial charge in [-0.15, -0.1) is 0 Å². The highest BCUT2D eigenvalue weighted by molar-refractivity contribution is 14.1. The summed E-state index contributed by atoms with van der Waals surface area (Å²) in [7, 11) is 0. The summed E-state index contributed by atoms with van der Waals surface area (Å²) < 4.78 is 6.73. The van der Waals surface area contributed by atoms with Crippen molar-refractivity contribution in [1.82, 2.24) is 4.98 Å². The fourth-order valence-electron chi connectivity index (χ4n) is 2.02. The molecule has 3 rings (SSSR count). The summed E-state index contributed by atoms with van der Waals surface area (Å²) in [6, 6.07) is 16.0. The molecule has 0 amide bonds. The van der Waals surface area contributed by atoms with Gasteiger partial charge in [0.2, 0.25) is 5.88 Å². The Morgan fingerprint density at radius 3 is 2.62 bits per heavy atom. The van der Waals surface area contributed by atoms with E-state index in [1.165, 1.54) is 0 Å². The molecule has 5 heteroatoms. The van der Waals surface area contributed by atoms with Gasteiger partial charge in [-0.1, -0.05) is 18.2 Å². The number of carbonyl (C=O) groups is 1. The van der Waals surface area contributed by atoms with Gasteiger partial charge >= 0.3 is 5.97 Å². The van der Waals surface area contributed by atoms with Crippen LogP contribution in [0.25, 0.3) is 10.9 Å². The number of aromatic carboxylic acids is 1. The van der Waals surface area contributed by atoms with E-state index in [1.54, 1.807) is 30.3 Å². The summed E-state index contributed by atoms with van der Waals surface area (Å²) in [5.74, 6) is 0.196. The number of nitrogens with zero attached hydrogens (tertiary/aromatic N) is 1. The molecule has 4 nitrogen and oxygen atoms in total. The zero-order chi connectivity index (χ0) is 14.8. The van der Waals surface area contributed by atoms with Crippen molar-refractivity contribution in [2.45, 2.75) is 0 Å². The second kappa shape index (κ2) is 5.69. The third-order valence-electron chi connectivity index (χ3n) is 2.99. The zero-order valence-electron chi connectivity index (χ0n) is 10.8. The van der Waals surface area contributed by atoms with Gasteiger partial charge in [0.25, 0.3) is 0 Å². The second-order valence-corrected chi connectivity index (χ2v) is 5.52. The highest BCUT2D eigenvalue weighted by atomic mass is 127. The summed E-state index contributed by atoms with van der Waals surface area (Å²) >= 11 is 2.19. The number of carboxylic acids is 1. The Bertz CT molecular complexity index is 833. The van der Waals surface area contributed by atoms with Crippen molar-refractivity contribution < 1.29 is 14.6 Å². The van der Waals surface area contributed by atoms with E-state index in [9.17, 15) is 4.79 Å². The van der Waals surface area contributed by atoms with E-state index in [2.05, 4.69) is 27.6 Å². The van der Waals surface area contributed by atoms with E-state index in [-0.39, 0.29) is 5.56 Å². The Balaban J connectivity index is 2.03. The van der Waals surface area contributed by atoms with Crippen molar-refractivity contribution in [1.29, 1.82) is 0 Å². The molecule has 0 spiro atoms. The van der Waals surface area contributed by atoms with Crippen LogP contribution in [0, 0.1) is 3.57 Å². The van der Waals surface area contributed by atoms with Crippen LogP contribution in [-0.2, 0) is 0 Å². The van der Waals surface area contributed by atoms with Gasteiger partial charge in [-0.2, -0.15) is 0 Å². The van der Waals surface area contributed by atoms with Crippen LogP contribution in [-0.4, -0.2) is 16.1 Å². The lowest BCUT2D eigenvalue weighted by Gasteiger charge is -2.08. The minimum atomic E-state index is -0.964. The number of pyridine rings is 1. The monoisotopic (exact) mass is 391 g/mol. The van der Waals surface area contributed by atoms with Gasteiger partial charge in [0.15, 0.2) is 0 Å². The number of carboxylic acid groups (broad SMARTS) is 1. The minimum absolute atomic E-state index is 0.237. The molecular weight excluding hydrogens is 381 g/mol. The molecule has 2 aromatic carbocycles. The molecule has 21 heavy (non-hydrogen) atoms. The van der Waals surface area contributed by atoms with Crippen LogP contribution in [0.3, 0.4) is 0 Å². The fraction of sp³-hybridized carbons (Fsp3) is 0. The van der Waals surface area contributed by atoms with Crippen LogP contribution in [0.15, 0.2) is 54.6 Å². The Kier molecular flexibility index (Phi) is 3.74. The van der Waals surface area contributed by atoms with Crippen LogP contribution in [0.4, 0.5) is 0 Å². The Labute approximate surface area is 134 Å². The van der Waals surface area contributed by atoms with Crippen LogP contribution < -0.4 is 4.74 Å². The van der Waals surface area contributed by atoms with Gasteiger partial charge in [0, 0.05) is 11.5 Å². The SMILES string of the molecule is O=C(O)c1cccc2nc(Oc3ccccc3I)ccc12. The maximum absolute atomic E-state index is 11.2. The van der Waals surface area contributed by atoms with Gasteiger partial charge in [0.1, 0.15) is 5.75 Å². The van der Waals surface area contributed by atoms with E-state index in [0.29, 0.717) is 16.8 Å². The van der Waals surface area contributed by atoms with E-state index in [0.717, 1.165) is 9.32 Å². The van der Waals surface area contributed by atoms with Crippen LogP contribution in [0.1, 0.15) is 10.4 Å². The molecule has 0 fully saturated rings. The molecule has 0 aliphatic heterocycles. The molecule has 1 N–H and O–H groups in total. The number of hydrogen-bond acceptors (Lipinski definition) is 3. The molecule has 0 aliphatic carbocycles. The number of para-hydroxylation sites is 1. The maximum atomic E-state index is 11.2. The summed E-state index contributed by atoms with van der Waals surface area (Å²) in [4.78, 5) is 15.5. The number of benzene rings is 2. The van der Waals surface area contributed by atoms with E-state index in [1.807, 2.05) is 24.3 Å². The minimum Gasteiger partial charge on any atom is -0.478 e. The van der Waals surface area contributed by atoms with Crippen LogP contribution >= 0.6 is 22.6 Å². The first kappa shape index (κ1) is 13.8. The lowest BCUT2D eigenvalue weighted by Crippen LogP contribution is -1.98. The number of hydrogen-bond donors (Lipinski definition) is 1. The third-order valence-corrected chi connectivity index (χ3v) is 3.88. The first-order valence-corrected chi connectivity index (χ1v) is 7.28. The fourth-order valence-corrected chi connectivity index (χ4v) is 2.52. The van der Waals surface area contributed by atoms with Gasteiger partial charge in [-0.25, -0.2) is 9.78 Å². The molecule has 0 radical (unpaired) electrons. The quantitative estimate of drug-likeness (QED) is 0.676. The Morgan fingerprint density at radius 1 is 1.05 bits per heavy atom. The molecule has 1 heterocycles. The van der Waals surface area contributed by atoms with Gasteiger partial charge in [-0.05, 0) is 52.9 Å². The molecule has 1 aromatic heterocycles. The van der Waals surface area contributed by atoms with E-state index >= 15 is 0 Å². The highest BCUT2D eigenvalue weighted by Crippen LogP contribution is 2.27. The Hall–Kier alpha value is -2.15. The predicted octanol–water partition coefficient (Wildman–Crippen LogP) is 4.33. The smallest absolute Gasteiger partial charge is 0.336 e. The van der Waals surface area contributed by atoms with Crippen molar-refractivity contribution >= 4 is 39.5 Å². The molecule has 0 saturated heterocycles. The largest absolute Gasteiger partial charge is 0.478 e. The van der Waals surface area contributed by atoms with Crippen LogP contribution in [0.2, 0.25) is 0 Å². The third kappa shape index (κ3) is 2.82. The van der Waals surface area contributed by atoms with Crippen molar-refractivity contribution in [3.05, 3.63) is 63.7 Å². The number of aromatic nitrogens is 1. The predicted molar refractivity (Wildman–Crippen MR) is 87.9 cm³/mol. The topological polar surface area (TPSA) is 59.4 Å². The second-order valence-electron chi connectivity index (χ2n) is 4.36. The normalized spacial score (nSPS) is 10.5. The molecule has 0 atom stereocenters. The number of fused-ring (bicyclic) bond motifs is 1. The Morgan fingerprint density at radius 2 is 1.86 bits per heavy atom. The first-order valence-electron chi connectivity index (χ1n) is 6.20. The van der Waals surface area contributed by atoms with Crippen molar-refractivity contribution in [3.8, 4) is 11.6 Å². The molecule has 0 aliphatic rings. The maximum Gasteiger partial charge on any atom is 0.336 e. The number of rotatable bonds is 3. The van der Waals surface area contributed by atoms with Crippen LogP contribution in [0.5, 0.6) is 11.6 Å². The lowest BCUT2D eigenvalue weighted by molar-refractivity contribution is 0.0699. The standard InChI is InChI=1S/C16H10INO3/c17-12-5-1-2-7-14(12)21-15-9-8-10-11(16(19)20)4-3-6-13(10)18-15/h1-9H,(H,19,20). The average molecular weight is 391 g/mol. The molecule has 3 aromatic rings. The molecule has 104 valence electrons. The van der Waals surface area contributed by atoms with Gasteiger partial charge in [0.05, 0.1) is 14.7 Å². The first-order chi connectivity index (χ1) is 10.1. The molecule has 0 saturated carbocycles. The molecule has 0 unspecified atom stereocenters. The highest BCUT2D eigenvalue weighted by Gasteiger charge is 2.10. The summed E-state index contributed by atoms with van der Waals surface area (Å²) in [5, 5.41) is 9.76. The van der Waals surface area contributed by atoms with Crippen molar-refractivity contribution in [3.63, 3.8) is 0 Å². The van der Waals surface area contributed by atoms with Gasteiger partial charge < -0.3 is 9.84 Å². The number of halogens is 1. The van der Waals surface area contributed by atoms with E-state index < -0.39 is 5.97 Å². The van der Waals surface area contributed by atoms with Crippen molar-refractivity contribution in [2.75, 3.05) is 0 Å². The number of ether oxygens (including phenoxy) is 1. The lowest BCUT2D eigenvalue weighted by atomic mass is 10.1. The van der Waals surface area contributed by atoms with Gasteiger partial charge in [-0.3, -0.25) is 0 Å². The molecule has 0 bridgehead atoms. The molecular formula is C16H10INO3. The summed E-state index contributed by atoms with van der Waals surface area (Å²) in [6.07, 6.45) is 0. The summed E-state index contributed by atoms with van der Waals surface area (Å²) in [5.41, 5.74) is 0.833. The van der Waals surface area contributed by atoms with Crippen molar-refractivity contribution in [2.24, 2.45) is 0 Å². The zero-order valence-corrected chi connectivity index (χ0v) is 12.9. The summed E-state index contributed by atoms with van der Waals surface area (Å²) in [6.45, 7) is 0. The van der Waals surface area contributed by atoms with E-state index in [4.69, 9.17) is 9.84 Å².